The molecule has 1 aromatic carbocycles. The van der Waals surface area contributed by atoms with Gasteiger partial charge in [-0.25, -0.2) is 4.79 Å². The Morgan fingerprint density at radius 1 is 1.14 bits per heavy atom. The Balaban J connectivity index is 1.54. The third-order valence-electron chi connectivity index (χ3n) is 6.18. The first-order valence-corrected chi connectivity index (χ1v) is 10.3. The predicted octanol–water partition coefficient (Wildman–Crippen LogP) is 3.30. The fraction of sp³-hybridized carbons (Fsp3) is 0.591. The molecule has 0 unspecified atom stereocenters. The molecular formula is C22H30N2O4. The lowest BCUT2D eigenvalue weighted by atomic mass is 9.78. The Kier molecular flexibility index (Phi) is 6.37. The maximum atomic E-state index is 12.5. The van der Waals surface area contributed by atoms with Gasteiger partial charge in [-0.3, -0.25) is 9.59 Å². The molecule has 1 saturated carbocycles. The first kappa shape index (κ1) is 20.4. The average molecular weight is 386 g/mol. The highest BCUT2D eigenvalue weighted by atomic mass is 16.5. The van der Waals surface area contributed by atoms with Gasteiger partial charge in [-0.05, 0) is 55.9 Å². The minimum absolute atomic E-state index is 0.104. The van der Waals surface area contributed by atoms with E-state index < -0.39 is 12.1 Å². The number of benzene rings is 1. The van der Waals surface area contributed by atoms with E-state index in [1.54, 1.807) is 36.1 Å². The Morgan fingerprint density at radius 2 is 1.86 bits per heavy atom. The molecule has 6 heteroatoms. The Bertz CT molecular complexity index is 731. The van der Waals surface area contributed by atoms with Crippen molar-refractivity contribution in [1.82, 2.24) is 5.32 Å². The van der Waals surface area contributed by atoms with Crippen molar-refractivity contribution in [2.75, 3.05) is 11.4 Å². The van der Waals surface area contributed by atoms with Gasteiger partial charge in [-0.15, -0.1) is 0 Å². The van der Waals surface area contributed by atoms with E-state index in [1.165, 1.54) is 6.42 Å². The summed E-state index contributed by atoms with van der Waals surface area (Å²) < 4.78 is 5.36. The zero-order chi connectivity index (χ0) is 20.3. The molecule has 1 aliphatic carbocycles. The largest absolute Gasteiger partial charge is 0.449 e. The van der Waals surface area contributed by atoms with Crippen molar-refractivity contribution >= 4 is 23.5 Å². The second kappa shape index (κ2) is 8.76. The van der Waals surface area contributed by atoms with Crippen LogP contribution >= 0.6 is 0 Å². The quantitative estimate of drug-likeness (QED) is 0.788. The van der Waals surface area contributed by atoms with Crippen molar-refractivity contribution in [3.63, 3.8) is 0 Å². The summed E-state index contributed by atoms with van der Waals surface area (Å²) in [5, 5.41) is 3.05. The first-order chi connectivity index (χ1) is 13.4. The standard InChI is InChI=1S/C22H30N2O4/c1-14-6-4-7-19(15(14)2)23-21(26)16(3)28-22(27)17-9-11-18(12-10-17)24-13-5-8-20(24)25/h9-12,14-16,19H,4-8,13H2,1-3H3,(H,23,26)/t14-,15-,16-,19-/m1/s1. The number of hydrogen-bond donors (Lipinski definition) is 1. The van der Waals surface area contributed by atoms with Crippen LogP contribution in [0.25, 0.3) is 0 Å². The van der Waals surface area contributed by atoms with E-state index in [9.17, 15) is 14.4 Å². The molecule has 1 aliphatic heterocycles. The maximum absolute atomic E-state index is 12.5. The SMILES string of the molecule is C[C@@H]1[C@H](C)CCC[C@H]1NC(=O)[C@@H](C)OC(=O)c1ccc(N2CCCC2=O)cc1. The van der Waals surface area contributed by atoms with Crippen LogP contribution in [0.5, 0.6) is 0 Å². The lowest BCUT2D eigenvalue weighted by Crippen LogP contribution is -2.47. The van der Waals surface area contributed by atoms with E-state index in [0.29, 0.717) is 30.4 Å². The van der Waals surface area contributed by atoms with Crippen LogP contribution in [0, 0.1) is 11.8 Å². The van der Waals surface area contributed by atoms with Crippen molar-refractivity contribution in [3.05, 3.63) is 29.8 Å². The molecule has 2 amide bonds. The van der Waals surface area contributed by atoms with Crippen LogP contribution in [-0.4, -0.2) is 36.5 Å². The number of carbonyl (C=O) groups is 3. The summed E-state index contributed by atoms with van der Waals surface area (Å²) in [4.78, 5) is 38.4. The molecule has 0 spiro atoms. The average Bonchev–Trinajstić information content (AvgIpc) is 3.11. The van der Waals surface area contributed by atoms with Gasteiger partial charge in [0.2, 0.25) is 5.91 Å². The second-order valence-corrected chi connectivity index (χ2v) is 8.13. The summed E-state index contributed by atoms with van der Waals surface area (Å²) in [5.74, 6) is 0.317. The number of nitrogens with zero attached hydrogens (tertiary/aromatic N) is 1. The van der Waals surface area contributed by atoms with Crippen LogP contribution in [0.15, 0.2) is 24.3 Å². The fourth-order valence-electron chi connectivity index (χ4n) is 4.07. The summed E-state index contributed by atoms with van der Waals surface area (Å²) in [5.41, 5.74) is 1.15. The third-order valence-corrected chi connectivity index (χ3v) is 6.18. The van der Waals surface area contributed by atoms with Gasteiger partial charge in [0.05, 0.1) is 5.56 Å². The molecule has 2 fully saturated rings. The number of ether oxygens (including phenoxy) is 1. The van der Waals surface area contributed by atoms with Crippen LogP contribution in [0.2, 0.25) is 0 Å². The van der Waals surface area contributed by atoms with Crippen molar-refractivity contribution in [2.45, 2.75) is 65.0 Å². The molecule has 28 heavy (non-hydrogen) atoms. The monoisotopic (exact) mass is 386 g/mol. The molecular weight excluding hydrogens is 356 g/mol. The van der Waals surface area contributed by atoms with Gasteiger partial charge >= 0.3 is 5.97 Å². The summed E-state index contributed by atoms with van der Waals surface area (Å²) in [6, 6.07) is 6.90. The molecule has 4 atom stereocenters. The number of esters is 1. The van der Waals surface area contributed by atoms with Crippen molar-refractivity contribution in [1.29, 1.82) is 0 Å². The molecule has 2 aliphatic rings. The normalized spacial score (nSPS) is 26.0. The van der Waals surface area contributed by atoms with Gasteiger partial charge in [0.15, 0.2) is 6.10 Å². The van der Waals surface area contributed by atoms with Gasteiger partial charge in [0.1, 0.15) is 0 Å². The van der Waals surface area contributed by atoms with Crippen LogP contribution in [-0.2, 0) is 14.3 Å². The zero-order valence-corrected chi connectivity index (χ0v) is 16.9. The van der Waals surface area contributed by atoms with Crippen molar-refractivity contribution < 1.29 is 19.1 Å². The summed E-state index contributed by atoms with van der Waals surface area (Å²) in [6.07, 6.45) is 3.83. The molecule has 152 valence electrons. The molecule has 1 aromatic rings. The number of anilines is 1. The van der Waals surface area contributed by atoms with E-state index >= 15 is 0 Å². The highest BCUT2D eigenvalue weighted by Gasteiger charge is 2.30. The predicted molar refractivity (Wildman–Crippen MR) is 107 cm³/mol. The lowest BCUT2D eigenvalue weighted by Gasteiger charge is -2.35. The Labute approximate surface area is 166 Å². The highest BCUT2D eigenvalue weighted by molar-refractivity contribution is 5.96. The summed E-state index contributed by atoms with van der Waals surface area (Å²) >= 11 is 0. The smallest absolute Gasteiger partial charge is 0.338 e. The number of amides is 2. The zero-order valence-electron chi connectivity index (χ0n) is 16.9. The van der Waals surface area contributed by atoms with Gasteiger partial charge in [-0.2, -0.15) is 0 Å². The van der Waals surface area contributed by atoms with E-state index in [1.807, 2.05) is 0 Å². The second-order valence-electron chi connectivity index (χ2n) is 8.13. The topological polar surface area (TPSA) is 75.7 Å². The molecule has 3 rings (SSSR count). The molecule has 1 saturated heterocycles. The van der Waals surface area contributed by atoms with E-state index in [-0.39, 0.29) is 17.9 Å². The van der Waals surface area contributed by atoms with Gasteiger partial charge in [0.25, 0.3) is 5.91 Å². The molecule has 1 heterocycles. The molecule has 6 nitrogen and oxygen atoms in total. The Morgan fingerprint density at radius 3 is 2.50 bits per heavy atom. The Hall–Kier alpha value is -2.37. The van der Waals surface area contributed by atoms with E-state index in [4.69, 9.17) is 4.74 Å². The molecule has 0 radical (unpaired) electrons. The van der Waals surface area contributed by atoms with E-state index in [2.05, 4.69) is 19.2 Å². The third kappa shape index (κ3) is 4.54. The van der Waals surface area contributed by atoms with E-state index in [0.717, 1.165) is 24.9 Å². The number of rotatable bonds is 5. The van der Waals surface area contributed by atoms with Crippen molar-refractivity contribution in [2.24, 2.45) is 11.8 Å². The van der Waals surface area contributed by atoms with Gasteiger partial charge in [0, 0.05) is 24.7 Å². The lowest BCUT2D eigenvalue weighted by molar-refractivity contribution is -0.130. The van der Waals surface area contributed by atoms with Gasteiger partial charge < -0.3 is 15.0 Å². The fourth-order valence-corrected chi connectivity index (χ4v) is 4.07. The van der Waals surface area contributed by atoms with Gasteiger partial charge in [-0.1, -0.05) is 26.7 Å². The summed E-state index contributed by atoms with van der Waals surface area (Å²) in [7, 11) is 0. The number of hydrogen-bond acceptors (Lipinski definition) is 4. The van der Waals surface area contributed by atoms with Crippen LogP contribution < -0.4 is 10.2 Å². The first-order valence-electron chi connectivity index (χ1n) is 10.3. The minimum atomic E-state index is -0.850. The molecule has 1 N–H and O–H groups in total. The number of carbonyl (C=O) groups excluding carboxylic acids is 3. The highest BCUT2D eigenvalue weighted by Crippen LogP contribution is 2.29. The molecule has 0 bridgehead atoms. The maximum Gasteiger partial charge on any atom is 0.338 e. The minimum Gasteiger partial charge on any atom is -0.449 e. The van der Waals surface area contributed by atoms with Crippen LogP contribution in [0.4, 0.5) is 5.69 Å². The van der Waals surface area contributed by atoms with Crippen LogP contribution in [0.3, 0.4) is 0 Å². The van der Waals surface area contributed by atoms with Crippen LogP contribution in [0.1, 0.15) is 63.2 Å². The molecule has 0 aromatic heterocycles. The van der Waals surface area contributed by atoms with Crippen molar-refractivity contribution in [3.8, 4) is 0 Å². The summed E-state index contributed by atoms with van der Waals surface area (Å²) in [6.45, 7) is 6.68. The number of nitrogens with one attached hydrogen (secondary N) is 1.